The number of aromatic nitrogens is 2. The Balaban J connectivity index is 2.45. The monoisotopic (exact) mass is 232 g/mol. The highest BCUT2D eigenvalue weighted by Gasteiger charge is 2.13. The van der Waals surface area contributed by atoms with Crippen molar-refractivity contribution in [3.05, 3.63) is 30.1 Å². The zero-order chi connectivity index (χ0) is 12.3. The van der Waals surface area contributed by atoms with Gasteiger partial charge in [0.2, 0.25) is 0 Å². The maximum atomic E-state index is 10.5. The van der Waals surface area contributed by atoms with Crippen LogP contribution in [-0.2, 0) is 17.8 Å². The minimum Gasteiger partial charge on any atom is -0.385 e. The third-order valence-corrected chi connectivity index (χ3v) is 2.73. The normalized spacial score (nSPS) is 12.8. The van der Waals surface area contributed by atoms with Crippen molar-refractivity contribution in [1.82, 2.24) is 9.55 Å². The number of nitrogens with zero attached hydrogens (tertiary/aromatic N) is 2. The van der Waals surface area contributed by atoms with E-state index in [2.05, 4.69) is 16.5 Å². The highest BCUT2D eigenvalue weighted by atomic mass is 16.3. The summed E-state index contributed by atoms with van der Waals surface area (Å²) in [5.74, 6) is 0.771. The van der Waals surface area contributed by atoms with E-state index in [1.165, 1.54) is 0 Å². The molecule has 0 radical (unpaired) electrons. The molecule has 1 N–H and O–H groups in total. The van der Waals surface area contributed by atoms with E-state index < -0.39 is 6.10 Å². The molecule has 0 bridgehead atoms. The SMILES string of the molecule is CCCn1c(CC(O)C=O)nc2ccccc21. The van der Waals surface area contributed by atoms with E-state index in [9.17, 15) is 9.90 Å². The van der Waals surface area contributed by atoms with Crippen molar-refractivity contribution >= 4 is 17.3 Å². The second kappa shape index (κ2) is 5.10. The molecule has 4 nitrogen and oxygen atoms in total. The number of aliphatic hydroxyl groups is 1. The summed E-state index contributed by atoms with van der Waals surface area (Å²) in [5.41, 5.74) is 1.97. The van der Waals surface area contributed by atoms with Gasteiger partial charge in [0.25, 0.3) is 0 Å². The molecule has 0 amide bonds. The predicted octanol–water partition coefficient (Wildman–Crippen LogP) is 1.55. The topological polar surface area (TPSA) is 55.1 Å². The van der Waals surface area contributed by atoms with Gasteiger partial charge in [0, 0.05) is 13.0 Å². The lowest BCUT2D eigenvalue weighted by Gasteiger charge is -2.08. The van der Waals surface area contributed by atoms with Crippen LogP contribution in [0.3, 0.4) is 0 Å². The van der Waals surface area contributed by atoms with Gasteiger partial charge < -0.3 is 14.5 Å². The Morgan fingerprint density at radius 1 is 1.47 bits per heavy atom. The molecule has 1 aromatic heterocycles. The second-order valence-corrected chi connectivity index (χ2v) is 4.08. The van der Waals surface area contributed by atoms with Gasteiger partial charge in [-0.25, -0.2) is 4.98 Å². The second-order valence-electron chi connectivity index (χ2n) is 4.08. The van der Waals surface area contributed by atoms with Gasteiger partial charge in [-0.05, 0) is 18.6 Å². The third-order valence-electron chi connectivity index (χ3n) is 2.73. The molecular formula is C13H16N2O2. The summed E-state index contributed by atoms with van der Waals surface area (Å²) in [6.07, 6.45) is 0.848. The smallest absolute Gasteiger partial charge is 0.148 e. The molecule has 0 fully saturated rings. The van der Waals surface area contributed by atoms with Crippen LogP contribution in [0.1, 0.15) is 19.2 Å². The van der Waals surface area contributed by atoms with Gasteiger partial charge in [-0.2, -0.15) is 0 Å². The zero-order valence-corrected chi connectivity index (χ0v) is 9.84. The largest absolute Gasteiger partial charge is 0.385 e. The van der Waals surface area contributed by atoms with Gasteiger partial charge in [-0.1, -0.05) is 19.1 Å². The van der Waals surface area contributed by atoms with Crippen LogP contribution in [0, 0.1) is 0 Å². The van der Waals surface area contributed by atoms with Crippen molar-refractivity contribution in [2.75, 3.05) is 0 Å². The lowest BCUT2D eigenvalue weighted by Crippen LogP contribution is -2.16. The lowest BCUT2D eigenvalue weighted by atomic mass is 10.2. The first kappa shape index (κ1) is 11.8. The van der Waals surface area contributed by atoms with Crippen molar-refractivity contribution in [2.24, 2.45) is 0 Å². The summed E-state index contributed by atoms with van der Waals surface area (Å²) in [4.78, 5) is 15.0. The zero-order valence-electron chi connectivity index (χ0n) is 9.84. The summed E-state index contributed by atoms with van der Waals surface area (Å²) in [7, 11) is 0. The third kappa shape index (κ3) is 2.36. The molecular weight excluding hydrogens is 216 g/mol. The van der Waals surface area contributed by atoms with Crippen LogP contribution in [0.5, 0.6) is 0 Å². The van der Waals surface area contributed by atoms with Crippen molar-refractivity contribution in [3.8, 4) is 0 Å². The fourth-order valence-electron chi connectivity index (χ4n) is 1.99. The quantitative estimate of drug-likeness (QED) is 0.796. The number of hydrogen-bond donors (Lipinski definition) is 1. The number of aliphatic hydroxyl groups excluding tert-OH is 1. The van der Waals surface area contributed by atoms with Crippen LogP contribution in [0.2, 0.25) is 0 Å². The first-order chi connectivity index (χ1) is 8.26. The van der Waals surface area contributed by atoms with Crippen LogP contribution in [0.25, 0.3) is 11.0 Å². The molecule has 1 heterocycles. The van der Waals surface area contributed by atoms with Gasteiger partial charge in [0.05, 0.1) is 11.0 Å². The first-order valence-corrected chi connectivity index (χ1v) is 5.83. The lowest BCUT2D eigenvalue weighted by molar-refractivity contribution is -0.114. The molecule has 0 aliphatic rings. The fourth-order valence-corrected chi connectivity index (χ4v) is 1.99. The van der Waals surface area contributed by atoms with Gasteiger partial charge in [-0.15, -0.1) is 0 Å². The van der Waals surface area contributed by atoms with E-state index in [1.807, 2.05) is 24.3 Å². The summed E-state index contributed by atoms with van der Waals surface area (Å²) in [5, 5.41) is 9.41. The van der Waals surface area contributed by atoms with Crippen LogP contribution < -0.4 is 0 Å². The molecule has 0 saturated carbocycles. The van der Waals surface area contributed by atoms with E-state index in [4.69, 9.17) is 0 Å². The predicted molar refractivity (Wildman–Crippen MR) is 65.8 cm³/mol. The Labute approximate surface area is 99.9 Å². The Kier molecular flexibility index (Phi) is 3.54. The number of rotatable bonds is 5. The number of benzene rings is 1. The molecule has 2 aromatic rings. The standard InChI is InChI=1S/C13H16N2O2/c1-2-7-15-12-6-4-3-5-11(12)14-13(15)8-10(17)9-16/h3-6,9-10,17H,2,7-8H2,1H3. The van der Waals surface area contributed by atoms with Gasteiger partial charge in [-0.3, -0.25) is 0 Å². The molecule has 2 rings (SSSR count). The highest BCUT2D eigenvalue weighted by Crippen LogP contribution is 2.17. The average molecular weight is 232 g/mol. The van der Waals surface area contributed by atoms with E-state index in [0.717, 1.165) is 29.8 Å². The van der Waals surface area contributed by atoms with Crippen LogP contribution in [0.15, 0.2) is 24.3 Å². The molecule has 1 atom stereocenters. The fraction of sp³-hybridized carbons (Fsp3) is 0.385. The van der Waals surface area contributed by atoms with Crippen LogP contribution in [-0.4, -0.2) is 27.0 Å². The van der Waals surface area contributed by atoms with Crippen molar-refractivity contribution in [1.29, 1.82) is 0 Å². The van der Waals surface area contributed by atoms with E-state index in [0.29, 0.717) is 6.29 Å². The molecule has 0 saturated heterocycles. The number of hydrogen-bond acceptors (Lipinski definition) is 3. The summed E-state index contributed by atoms with van der Waals surface area (Å²) >= 11 is 0. The van der Waals surface area contributed by atoms with E-state index in [1.54, 1.807) is 0 Å². The Morgan fingerprint density at radius 2 is 2.24 bits per heavy atom. The maximum Gasteiger partial charge on any atom is 0.148 e. The summed E-state index contributed by atoms with van der Waals surface area (Å²) < 4.78 is 2.07. The van der Waals surface area contributed by atoms with Crippen molar-refractivity contribution in [3.63, 3.8) is 0 Å². The van der Waals surface area contributed by atoms with Gasteiger partial charge >= 0.3 is 0 Å². The molecule has 0 spiro atoms. The minimum atomic E-state index is -0.970. The number of aldehydes is 1. The van der Waals surface area contributed by atoms with Crippen LogP contribution in [0.4, 0.5) is 0 Å². The first-order valence-electron chi connectivity index (χ1n) is 5.83. The number of carbonyl (C=O) groups excluding carboxylic acids is 1. The minimum absolute atomic E-state index is 0.276. The molecule has 90 valence electrons. The number of fused-ring (bicyclic) bond motifs is 1. The van der Waals surface area contributed by atoms with Gasteiger partial charge in [0.1, 0.15) is 18.2 Å². The Bertz CT molecular complexity index is 519. The van der Waals surface area contributed by atoms with Crippen molar-refractivity contribution in [2.45, 2.75) is 32.4 Å². The van der Waals surface area contributed by atoms with E-state index >= 15 is 0 Å². The number of para-hydroxylation sites is 2. The average Bonchev–Trinajstić information content (AvgIpc) is 2.68. The molecule has 1 aromatic carbocycles. The molecule has 0 aliphatic heterocycles. The van der Waals surface area contributed by atoms with Gasteiger partial charge in [0.15, 0.2) is 0 Å². The van der Waals surface area contributed by atoms with Crippen LogP contribution >= 0.6 is 0 Å². The molecule has 0 aliphatic carbocycles. The number of carbonyl (C=O) groups is 1. The highest BCUT2D eigenvalue weighted by molar-refractivity contribution is 5.76. The van der Waals surface area contributed by atoms with E-state index in [-0.39, 0.29) is 6.42 Å². The molecule has 4 heteroatoms. The Morgan fingerprint density at radius 3 is 2.94 bits per heavy atom. The summed E-state index contributed by atoms with van der Waals surface area (Å²) in [6.45, 7) is 2.94. The Hall–Kier alpha value is -1.68. The number of imidazole rings is 1. The van der Waals surface area contributed by atoms with Crippen molar-refractivity contribution < 1.29 is 9.90 Å². The maximum absolute atomic E-state index is 10.5. The number of aryl methyl sites for hydroxylation is 1. The molecule has 17 heavy (non-hydrogen) atoms. The molecule has 1 unspecified atom stereocenters. The summed E-state index contributed by atoms with van der Waals surface area (Å²) in [6, 6.07) is 7.86.